The van der Waals surface area contributed by atoms with Gasteiger partial charge >= 0.3 is 0 Å². The van der Waals surface area contributed by atoms with Crippen LogP contribution < -0.4 is 10.2 Å². The fourth-order valence-corrected chi connectivity index (χ4v) is 2.85. The van der Waals surface area contributed by atoms with E-state index in [1.807, 2.05) is 19.9 Å². The van der Waals surface area contributed by atoms with Crippen molar-refractivity contribution < 1.29 is 19.2 Å². The number of para-hydroxylation sites is 1. The molecule has 0 aromatic heterocycles. The second kappa shape index (κ2) is 6.83. The highest BCUT2D eigenvalue weighted by molar-refractivity contribution is 6.03. The summed E-state index contributed by atoms with van der Waals surface area (Å²) >= 11 is 0. The maximum atomic E-state index is 12.2. The molecule has 21 heavy (non-hydrogen) atoms. The number of morpholine rings is 1. The first-order valence-electron chi connectivity index (χ1n) is 7.34. The Morgan fingerprint density at radius 3 is 2.48 bits per heavy atom. The smallest absolute Gasteiger partial charge is 0.279 e. The topological polar surface area (TPSA) is 59.8 Å². The highest BCUT2D eigenvalue weighted by Gasteiger charge is 2.27. The summed E-state index contributed by atoms with van der Waals surface area (Å²) in [6, 6.07) is 7.09. The van der Waals surface area contributed by atoms with Gasteiger partial charge in [-0.05, 0) is 32.9 Å². The molecule has 1 amide bonds. The van der Waals surface area contributed by atoms with Crippen LogP contribution in [0.15, 0.2) is 24.3 Å². The average molecular weight is 291 g/mol. The third kappa shape index (κ3) is 4.37. The molecule has 2 N–H and O–H groups in total. The molecule has 1 fully saturated rings. The SMILES string of the molecule is CC(=O)c1ccccc1NC(=O)C[NH+]1C[C@@H](C)O[C@H](C)C1. The summed E-state index contributed by atoms with van der Waals surface area (Å²) < 4.78 is 5.67. The van der Waals surface area contributed by atoms with Crippen LogP contribution in [-0.4, -0.2) is 43.5 Å². The number of hydrogen-bond acceptors (Lipinski definition) is 3. The van der Waals surface area contributed by atoms with Crippen LogP contribution in [0.1, 0.15) is 31.1 Å². The van der Waals surface area contributed by atoms with Gasteiger partial charge in [0.25, 0.3) is 5.91 Å². The van der Waals surface area contributed by atoms with E-state index in [1.165, 1.54) is 11.8 Å². The van der Waals surface area contributed by atoms with E-state index in [-0.39, 0.29) is 23.9 Å². The van der Waals surface area contributed by atoms with Crippen LogP contribution in [0.2, 0.25) is 0 Å². The Morgan fingerprint density at radius 1 is 1.24 bits per heavy atom. The number of carbonyl (C=O) groups is 2. The zero-order chi connectivity index (χ0) is 15.4. The van der Waals surface area contributed by atoms with Gasteiger partial charge in [0.05, 0.1) is 5.69 Å². The molecule has 2 atom stereocenters. The minimum absolute atomic E-state index is 0.0492. The summed E-state index contributed by atoms with van der Waals surface area (Å²) in [5, 5.41) is 2.85. The molecule has 1 aliphatic heterocycles. The lowest BCUT2D eigenvalue weighted by molar-refractivity contribution is -0.907. The van der Waals surface area contributed by atoms with Gasteiger partial charge in [-0.2, -0.15) is 0 Å². The van der Waals surface area contributed by atoms with E-state index in [9.17, 15) is 9.59 Å². The molecule has 0 unspecified atom stereocenters. The number of rotatable bonds is 4. The lowest BCUT2D eigenvalue weighted by atomic mass is 10.1. The van der Waals surface area contributed by atoms with Crippen LogP contribution in [0.5, 0.6) is 0 Å². The van der Waals surface area contributed by atoms with Crippen LogP contribution in [0.25, 0.3) is 0 Å². The van der Waals surface area contributed by atoms with Crippen LogP contribution in [-0.2, 0) is 9.53 Å². The molecule has 2 rings (SSSR count). The Kier molecular flexibility index (Phi) is 5.09. The van der Waals surface area contributed by atoms with Crippen molar-refractivity contribution in [3.63, 3.8) is 0 Å². The molecule has 0 radical (unpaired) electrons. The standard InChI is InChI=1S/C16H22N2O3/c1-11-8-18(9-12(2)21-11)10-16(20)17-15-7-5-4-6-14(15)13(3)19/h4-7,11-12H,8-10H2,1-3H3,(H,17,20)/p+1/t11-,12-/m1/s1. The molecule has 1 saturated heterocycles. The number of Topliss-reactive ketones (excluding diaryl/α,β-unsaturated/α-hetero) is 1. The molecule has 5 heteroatoms. The number of ether oxygens (including phenoxy) is 1. The predicted octanol–water partition coefficient (Wildman–Crippen LogP) is 0.520. The molecule has 0 bridgehead atoms. The van der Waals surface area contributed by atoms with Gasteiger partial charge in [0, 0.05) is 5.56 Å². The molecule has 0 aliphatic carbocycles. The van der Waals surface area contributed by atoms with E-state index in [2.05, 4.69) is 5.32 Å². The van der Waals surface area contributed by atoms with Gasteiger partial charge in [-0.3, -0.25) is 9.59 Å². The van der Waals surface area contributed by atoms with Crippen molar-refractivity contribution in [2.24, 2.45) is 0 Å². The van der Waals surface area contributed by atoms with Crippen molar-refractivity contribution in [2.75, 3.05) is 25.0 Å². The summed E-state index contributed by atoms with van der Waals surface area (Å²) in [7, 11) is 0. The number of benzene rings is 1. The third-order valence-electron chi connectivity index (χ3n) is 3.61. The van der Waals surface area contributed by atoms with E-state index < -0.39 is 0 Å². The predicted molar refractivity (Wildman–Crippen MR) is 80.6 cm³/mol. The Labute approximate surface area is 125 Å². The molecule has 114 valence electrons. The molecule has 0 saturated carbocycles. The van der Waals surface area contributed by atoms with Gasteiger partial charge in [-0.25, -0.2) is 0 Å². The van der Waals surface area contributed by atoms with Gasteiger partial charge in [-0.15, -0.1) is 0 Å². The second-order valence-electron chi connectivity index (χ2n) is 5.74. The zero-order valence-corrected chi connectivity index (χ0v) is 12.8. The zero-order valence-electron chi connectivity index (χ0n) is 12.8. The monoisotopic (exact) mass is 291 g/mol. The van der Waals surface area contributed by atoms with Gasteiger partial charge in [-0.1, -0.05) is 12.1 Å². The Balaban J connectivity index is 1.97. The van der Waals surface area contributed by atoms with Crippen molar-refractivity contribution in [3.05, 3.63) is 29.8 Å². The van der Waals surface area contributed by atoms with Crippen LogP contribution in [0.4, 0.5) is 5.69 Å². The highest BCUT2D eigenvalue weighted by atomic mass is 16.5. The Hall–Kier alpha value is -1.72. The number of nitrogens with one attached hydrogen (secondary N) is 2. The van der Waals surface area contributed by atoms with Gasteiger partial charge < -0.3 is 15.0 Å². The maximum absolute atomic E-state index is 12.2. The highest BCUT2D eigenvalue weighted by Crippen LogP contribution is 2.15. The molecule has 1 heterocycles. The van der Waals surface area contributed by atoms with Crippen molar-refractivity contribution in [1.82, 2.24) is 0 Å². The minimum Gasteiger partial charge on any atom is -0.364 e. The number of carbonyl (C=O) groups excluding carboxylic acids is 2. The molecule has 0 spiro atoms. The van der Waals surface area contributed by atoms with Gasteiger partial charge in [0.2, 0.25) is 0 Å². The van der Waals surface area contributed by atoms with Crippen molar-refractivity contribution in [2.45, 2.75) is 33.0 Å². The second-order valence-corrected chi connectivity index (χ2v) is 5.74. The molecular formula is C16H23N2O3+. The molecule has 1 aromatic rings. The normalized spacial score (nSPS) is 25.4. The third-order valence-corrected chi connectivity index (χ3v) is 3.61. The van der Waals surface area contributed by atoms with Gasteiger partial charge in [0.1, 0.15) is 25.3 Å². The van der Waals surface area contributed by atoms with Crippen LogP contribution >= 0.6 is 0 Å². The number of quaternary nitrogens is 1. The molecular weight excluding hydrogens is 268 g/mol. The van der Waals surface area contributed by atoms with E-state index in [1.54, 1.807) is 18.2 Å². The maximum Gasteiger partial charge on any atom is 0.279 e. The van der Waals surface area contributed by atoms with Crippen molar-refractivity contribution in [1.29, 1.82) is 0 Å². The van der Waals surface area contributed by atoms with E-state index in [0.717, 1.165) is 13.1 Å². The Morgan fingerprint density at radius 2 is 1.86 bits per heavy atom. The summed E-state index contributed by atoms with van der Waals surface area (Å²) in [5.41, 5.74) is 1.13. The largest absolute Gasteiger partial charge is 0.364 e. The number of hydrogen-bond donors (Lipinski definition) is 2. The van der Waals surface area contributed by atoms with Crippen molar-refractivity contribution >= 4 is 17.4 Å². The van der Waals surface area contributed by atoms with E-state index in [0.29, 0.717) is 17.8 Å². The lowest BCUT2D eigenvalue weighted by Gasteiger charge is -2.31. The summed E-state index contributed by atoms with van der Waals surface area (Å²) in [5.74, 6) is -0.119. The first-order chi connectivity index (χ1) is 9.95. The first-order valence-corrected chi connectivity index (χ1v) is 7.34. The lowest BCUT2D eigenvalue weighted by Crippen LogP contribution is -3.16. The van der Waals surface area contributed by atoms with Gasteiger partial charge in [0.15, 0.2) is 12.3 Å². The van der Waals surface area contributed by atoms with Crippen LogP contribution in [0, 0.1) is 0 Å². The average Bonchev–Trinajstić information content (AvgIpc) is 2.37. The number of amides is 1. The number of ketones is 1. The quantitative estimate of drug-likeness (QED) is 0.795. The van der Waals surface area contributed by atoms with E-state index in [4.69, 9.17) is 4.74 Å². The van der Waals surface area contributed by atoms with Crippen molar-refractivity contribution in [3.8, 4) is 0 Å². The fraction of sp³-hybridized carbons (Fsp3) is 0.500. The van der Waals surface area contributed by atoms with Crippen LogP contribution in [0.3, 0.4) is 0 Å². The Bertz CT molecular complexity index is 520. The summed E-state index contributed by atoms with van der Waals surface area (Å²) in [4.78, 5) is 24.9. The molecule has 1 aliphatic rings. The molecule has 5 nitrogen and oxygen atoms in total. The first kappa shape index (κ1) is 15.7. The number of anilines is 1. The summed E-state index contributed by atoms with van der Waals surface area (Å²) in [6.45, 7) is 7.60. The minimum atomic E-state index is -0.0694. The fourth-order valence-electron chi connectivity index (χ4n) is 2.85. The van der Waals surface area contributed by atoms with E-state index >= 15 is 0 Å². The summed E-state index contributed by atoms with van der Waals surface area (Å²) in [6.07, 6.45) is 0.335. The molecule has 1 aromatic carbocycles.